The maximum atomic E-state index is 11.7. The van der Waals surface area contributed by atoms with E-state index in [9.17, 15) is 9.59 Å². The van der Waals surface area contributed by atoms with Crippen LogP contribution in [0.5, 0.6) is 0 Å². The van der Waals surface area contributed by atoms with Crippen molar-refractivity contribution >= 4 is 11.9 Å². The van der Waals surface area contributed by atoms with Crippen LogP contribution in [0.1, 0.15) is 28.4 Å². The lowest BCUT2D eigenvalue weighted by Crippen LogP contribution is -2.30. The van der Waals surface area contributed by atoms with E-state index in [0.717, 1.165) is 11.1 Å². The van der Waals surface area contributed by atoms with Gasteiger partial charge in [0, 0.05) is 0 Å². The summed E-state index contributed by atoms with van der Waals surface area (Å²) in [4.78, 5) is 22.4. The van der Waals surface area contributed by atoms with Crippen LogP contribution in [-0.4, -0.2) is 18.0 Å². The Morgan fingerprint density at radius 3 is 2.44 bits per heavy atom. The first kappa shape index (κ1) is 12.2. The minimum atomic E-state index is -0.909. The van der Waals surface area contributed by atoms with Crippen molar-refractivity contribution in [1.29, 1.82) is 0 Å². The standard InChI is InChI=1S/C12H15NO3/c1-7-4-5-10(8(2)6-7)12(15)16-9(3)11(13)14/h4-6,9H,1-3H3,(H2,13,14)/t9-/m1/s1. The number of aryl methyl sites for hydroxylation is 2. The first-order valence-electron chi connectivity index (χ1n) is 4.99. The van der Waals surface area contributed by atoms with Crippen LogP contribution in [0.25, 0.3) is 0 Å². The fourth-order valence-corrected chi connectivity index (χ4v) is 1.32. The fourth-order valence-electron chi connectivity index (χ4n) is 1.32. The molecule has 0 aliphatic carbocycles. The van der Waals surface area contributed by atoms with Gasteiger partial charge in [0.05, 0.1) is 5.56 Å². The molecule has 0 aliphatic heterocycles. The topological polar surface area (TPSA) is 69.4 Å². The average Bonchev–Trinajstić information content (AvgIpc) is 2.16. The van der Waals surface area contributed by atoms with Crippen LogP contribution in [0.3, 0.4) is 0 Å². The van der Waals surface area contributed by atoms with Gasteiger partial charge in [0.2, 0.25) is 0 Å². The van der Waals surface area contributed by atoms with Crippen LogP contribution in [-0.2, 0) is 9.53 Å². The highest BCUT2D eigenvalue weighted by Crippen LogP contribution is 2.12. The second-order valence-electron chi connectivity index (χ2n) is 3.77. The summed E-state index contributed by atoms with van der Waals surface area (Å²) in [5.74, 6) is -1.18. The van der Waals surface area contributed by atoms with Crippen molar-refractivity contribution in [3.8, 4) is 0 Å². The molecule has 2 N–H and O–H groups in total. The van der Waals surface area contributed by atoms with Gasteiger partial charge in [0.1, 0.15) is 0 Å². The van der Waals surface area contributed by atoms with Gasteiger partial charge < -0.3 is 10.5 Å². The van der Waals surface area contributed by atoms with Crippen molar-refractivity contribution in [2.45, 2.75) is 26.9 Å². The molecule has 0 aliphatic rings. The molecular weight excluding hydrogens is 206 g/mol. The smallest absolute Gasteiger partial charge is 0.339 e. The molecule has 0 heterocycles. The summed E-state index contributed by atoms with van der Waals surface area (Å²) in [5.41, 5.74) is 7.35. The quantitative estimate of drug-likeness (QED) is 0.783. The van der Waals surface area contributed by atoms with Gasteiger partial charge in [-0.2, -0.15) is 0 Å². The van der Waals surface area contributed by atoms with E-state index in [-0.39, 0.29) is 0 Å². The molecule has 0 unspecified atom stereocenters. The van der Waals surface area contributed by atoms with E-state index in [1.807, 2.05) is 26.0 Å². The zero-order valence-electron chi connectivity index (χ0n) is 9.61. The molecule has 0 saturated carbocycles. The minimum absolute atomic E-state index is 0.457. The number of hydrogen-bond acceptors (Lipinski definition) is 3. The van der Waals surface area contributed by atoms with Gasteiger partial charge in [-0.05, 0) is 32.4 Å². The number of carbonyl (C=O) groups is 2. The van der Waals surface area contributed by atoms with Gasteiger partial charge in [-0.15, -0.1) is 0 Å². The first-order valence-corrected chi connectivity index (χ1v) is 4.99. The van der Waals surface area contributed by atoms with Crippen molar-refractivity contribution in [1.82, 2.24) is 0 Å². The second kappa shape index (κ2) is 4.79. The number of benzene rings is 1. The number of carbonyl (C=O) groups excluding carboxylic acids is 2. The van der Waals surface area contributed by atoms with Crippen molar-refractivity contribution in [2.24, 2.45) is 5.73 Å². The first-order chi connectivity index (χ1) is 7.41. The van der Waals surface area contributed by atoms with Crippen LogP contribution in [0.2, 0.25) is 0 Å². The van der Waals surface area contributed by atoms with E-state index in [0.29, 0.717) is 5.56 Å². The number of rotatable bonds is 3. The summed E-state index contributed by atoms with van der Waals surface area (Å²) in [5, 5.41) is 0. The number of hydrogen-bond donors (Lipinski definition) is 1. The molecule has 4 heteroatoms. The molecule has 0 radical (unpaired) electrons. The lowest BCUT2D eigenvalue weighted by molar-refractivity contribution is -0.125. The molecule has 86 valence electrons. The number of nitrogens with two attached hydrogens (primary N) is 1. The number of esters is 1. The van der Waals surface area contributed by atoms with Crippen molar-refractivity contribution in [2.75, 3.05) is 0 Å². The van der Waals surface area contributed by atoms with Crippen LogP contribution in [0.15, 0.2) is 18.2 Å². The molecule has 0 aromatic heterocycles. The van der Waals surface area contributed by atoms with Crippen molar-refractivity contribution in [3.63, 3.8) is 0 Å². The summed E-state index contributed by atoms with van der Waals surface area (Å²) < 4.78 is 4.91. The van der Waals surface area contributed by atoms with E-state index in [1.54, 1.807) is 6.07 Å². The molecule has 1 rings (SSSR count). The van der Waals surface area contributed by atoms with Gasteiger partial charge in [-0.25, -0.2) is 4.79 Å². The van der Waals surface area contributed by atoms with E-state index in [4.69, 9.17) is 10.5 Å². The van der Waals surface area contributed by atoms with E-state index in [1.165, 1.54) is 6.92 Å². The Kier molecular flexibility index (Phi) is 3.66. The largest absolute Gasteiger partial charge is 0.449 e. The summed E-state index contributed by atoms with van der Waals surface area (Å²) in [6.45, 7) is 5.20. The van der Waals surface area contributed by atoms with Gasteiger partial charge in [0.15, 0.2) is 6.10 Å². The Morgan fingerprint density at radius 2 is 1.94 bits per heavy atom. The Morgan fingerprint density at radius 1 is 1.31 bits per heavy atom. The second-order valence-corrected chi connectivity index (χ2v) is 3.77. The van der Waals surface area contributed by atoms with Gasteiger partial charge in [-0.1, -0.05) is 17.7 Å². The molecule has 0 fully saturated rings. The third-order valence-electron chi connectivity index (χ3n) is 2.29. The fraction of sp³-hybridized carbons (Fsp3) is 0.333. The molecule has 16 heavy (non-hydrogen) atoms. The van der Waals surface area contributed by atoms with Gasteiger partial charge in [-0.3, -0.25) is 4.79 Å². The molecule has 4 nitrogen and oxygen atoms in total. The molecule has 0 spiro atoms. The van der Waals surface area contributed by atoms with Crippen LogP contribution >= 0.6 is 0 Å². The summed E-state index contributed by atoms with van der Waals surface area (Å²) in [6.07, 6.45) is -0.909. The molecular formula is C12H15NO3. The summed E-state index contributed by atoms with van der Waals surface area (Å²) in [6, 6.07) is 5.38. The van der Waals surface area contributed by atoms with Crippen molar-refractivity contribution < 1.29 is 14.3 Å². The van der Waals surface area contributed by atoms with E-state index < -0.39 is 18.0 Å². The van der Waals surface area contributed by atoms with Crippen LogP contribution in [0.4, 0.5) is 0 Å². The molecule has 1 atom stereocenters. The SMILES string of the molecule is Cc1ccc(C(=O)O[C@H](C)C(N)=O)c(C)c1. The third kappa shape index (κ3) is 2.82. The Bertz CT molecular complexity index is 426. The predicted octanol–water partition coefficient (Wildman–Crippen LogP) is 1.33. The monoisotopic (exact) mass is 221 g/mol. The van der Waals surface area contributed by atoms with Crippen molar-refractivity contribution in [3.05, 3.63) is 34.9 Å². The normalized spacial score (nSPS) is 11.9. The molecule has 1 amide bonds. The number of primary amides is 1. The summed E-state index contributed by atoms with van der Waals surface area (Å²) >= 11 is 0. The molecule has 0 bridgehead atoms. The maximum Gasteiger partial charge on any atom is 0.339 e. The lowest BCUT2D eigenvalue weighted by Gasteiger charge is -2.11. The molecule has 0 saturated heterocycles. The lowest BCUT2D eigenvalue weighted by atomic mass is 10.1. The Labute approximate surface area is 94.4 Å². The van der Waals surface area contributed by atoms with Gasteiger partial charge >= 0.3 is 5.97 Å². The minimum Gasteiger partial charge on any atom is -0.449 e. The number of ether oxygens (including phenoxy) is 1. The van der Waals surface area contributed by atoms with Gasteiger partial charge in [0.25, 0.3) is 5.91 Å². The van der Waals surface area contributed by atoms with E-state index >= 15 is 0 Å². The number of amides is 1. The molecule has 1 aromatic carbocycles. The zero-order chi connectivity index (χ0) is 12.3. The average molecular weight is 221 g/mol. The molecule has 1 aromatic rings. The Balaban J connectivity index is 2.85. The third-order valence-corrected chi connectivity index (χ3v) is 2.29. The summed E-state index contributed by atoms with van der Waals surface area (Å²) in [7, 11) is 0. The van der Waals surface area contributed by atoms with E-state index in [2.05, 4.69) is 0 Å². The zero-order valence-corrected chi connectivity index (χ0v) is 9.61. The highest BCUT2D eigenvalue weighted by molar-refractivity contribution is 5.93. The maximum absolute atomic E-state index is 11.7. The van der Waals surface area contributed by atoms with Crippen LogP contribution in [0, 0.1) is 13.8 Å². The highest BCUT2D eigenvalue weighted by atomic mass is 16.5. The predicted molar refractivity (Wildman–Crippen MR) is 60.0 cm³/mol. The highest BCUT2D eigenvalue weighted by Gasteiger charge is 2.17. The van der Waals surface area contributed by atoms with Crippen LogP contribution < -0.4 is 5.73 Å². The Hall–Kier alpha value is -1.84.